The molecule has 0 unspecified atom stereocenters. The second-order valence-corrected chi connectivity index (χ2v) is 4.57. The van der Waals surface area contributed by atoms with Crippen molar-refractivity contribution in [2.24, 2.45) is 0 Å². The average molecular weight is 300 g/mol. The Hall–Kier alpha value is -2.62. The zero-order chi connectivity index (χ0) is 15.8. The summed E-state index contributed by atoms with van der Waals surface area (Å²) < 4.78 is 23.5. The van der Waals surface area contributed by atoms with Crippen molar-refractivity contribution in [3.8, 4) is 11.5 Å². The Kier molecular flexibility index (Phi) is 5.72. The van der Waals surface area contributed by atoms with Crippen molar-refractivity contribution >= 4 is 5.97 Å². The molecule has 0 fully saturated rings. The molecular weight excluding hydrogens is 283 g/mol. The van der Waals surface area contributed by atoms with Gasteiger partial charge >= 0.3 is 5.97 Å². The van der Waals surface area contributed by atoms with Crippen LogP contribution in [0.25, 0.3) is 0 Å². The zero-order valence-electron chi connectivity index (χ0n) is 12.3. The second kappa shape index (κ2) is 7.98. The normalized spacial score (nSPS) is 10.6. The number of esters is 1. The summed E-state index contributed by atoms with van der Waals surface area (Å²) >= 11 is 0. The van der Waals surface area contributed by atoms with Crippen LogP contribution in [0.3, 0.4) is 0 Å². The smallest absolute Gasteiger partial charge is 0.343 e. The van der Waals surface area contributed by atoms with E-state index in [-0.39, 0.29) is 5.82 Å². The lowest BCUT2D eigenvalue weighted by Crippen LogP contribution is -2.08. The first-order valence-electron chi connectivity index (χ1n) is 7.01. The molecule has 0 aromatic heterocycles. The monoisotopic (exact) mass is 300 g/mol. The molecule has 0 radical (unpaired) electrons. The van der Waals surface area contributed by atoms with E-state index in [2.05, 4.69) is 0 Å². The van der Waals surface area contributed by atoms with Gasteiger partial charge in [-0.25, -0.2) is 9.18 Å². The Morgan fingerprint density at radius 1 is 1.05 bits per heavy atom. The van der Waals surface area contributed by atoms with Gasteiger partial charge in [-0.05, 0) is 61.9 Å². The van der Waals surface area contributed by atoms with E-state index in [1.54, 1.807) is 24.3 Å². The molecule has 0 spiro atoms. The fourth-order valence-corrected chi connectivity index (χ4v) is 1.77. The van der Waals surface area contributed by atoms with Gasteiger partial charge in [-0.3, -0.25) is 0 Å². The summed E-state index contributed by atoms with van der Waals surface area (Å²) in [6.45, 7) is 2.55. The second-order valence-electron chi connectivity index (χ2n) is 4.57. The highest BCUT2D eigenvalue weighted by atomic mass is 19.1. The van der Waals surface area contributed by atoms with E-state index >= 15 is 0 Å². The molecule has 0 N–H and O–H groups in total. The molecule has 0 amide bonds. The van der Waals surface area contributed by atoms with Crippen molar-refractivity contribution in [3.63, 3.8) is 0 Å². The number of rotatable bonds is 6. The van der Waals surface area contributed by atoms with Gasteiger partial charge in [-0.1, -0.05) is 12.2 Å². The minimum Gasteiger partial charge on any atom is -0.493 e. The van der Waals surface area contributed by atoms with Crippen molar-refractivity contribution in [2.75, 3.05) is 6.61 Å². The maximum absolute atomic E-state index is 12.8. The van der Waals surface area contributed by atoms with Crippen molar-refractivity contribution in [3.05, 3.63) is 72.1 Å². The number of carbonyl (C=O) groups excluding carboxylic acids is 1. The molecule has 22 heavy (non-hydrogen) atoms. The molecule has 3 nitrogen and oxygen atoms in total. The van der Waals surface area contributed by atoms with Crippen LogP contribution in [0.1, 0.15) is 23.7 Å². The van der Waals surface area contributed by atoms with Crippen molar-refractivity contribution in [1.82, 2.24) is 0 Å². The highest BCUT2D eigenvalue weighted by molar-refractivity contribution is 5.91. The Morgan fingerprint density at radius 2 is 1.68 bits per heavy atom. The Labute approximate surface area is 129 Å². The quantitative estimate of drug-likeness (QED) is 0.343. The maximum atomic E-state index is 12.8. The van der Waals surface area contributed by atoms with E-state index < -0.39 is 5.97 Å². The molecule has 114 valence electrons. The van der Waals surface area contributed by atoms with E-state index in [0.717, 1.165) is 6.42 Å². The summed E-state index contributed by atoms with van der Waals surface area (Å²) in [5.41, 5.74) is 0.408. The highest BCUT2D eigenvalue weighted by Crippen LogP contribution is 2.16. The van der Waals surface area contributed by atoms with Crippen LogP contribution in [0.4, 0.5) is 4.39 Å². The van der Waals surface area contributed by atoms with Gasteiger partial charge in [0.2, 0.25) is 0 Å². The molecular formula is C18H17FO3. The molecule has 0 heterocycles. The predicted molar refractivity (Wildman–Crippen MR) is 82.7 cm³/mol. The lowest BCUT2D eigenvalue weighted by atomic mass is 10.2. The topological polar surface area (TPSA) is 35.5 Å². The van der Waals surface area contributed by atoms with Crippen LogP contribution in [0, 0.1) is 5.82 Å². The van der Waals surface area contributed by atoms with Gasteiger partial charge < -0.3 is 9.47 Å². The van der Waals surface area contributed by atoms with Gasteiger partial charge in [0.05, 0.1) is 12.2 Å². The maximum Gasteiger partial charge on any atom is 0.343 e. The van der Waals surface area contributed by atoms with Crippen molar-refractivity contribution < 1.29 is 18.7 Å². The molecule has 0 atom stereocenters. The summed E-state index contributed by atoms with van der Waals surface area (Å²) in [5, 5.41) is 0. The van der Waals surface area contributed by atoms with E-state index in [1.807, 2.05) is 19.1 Å². The van der Waals surface area contributed by atoms with Crippen LogP contribution in [0.2, 0.25) is 0 Å². The largest absolute Gasteiger partial charge is 0.493 e. The molecule has 0 saturated heterocycles. The fourth-order valence-electron chi connectivity index (χ4n) is 1.77. The summed E-state index contributed by atoms with van der Waals surface area (Å²) in [7, 11) is 0. The molecule has 2 rings (SSSR count). The van der Waals surface area contributed by atoms with Gasteiger partial charge in [0.15, 0.2) is 0 Å². The van der Waals surface area contributed by atoms with Crippen LogP contribution in [0.5, 0.6) is 11.5 Å². The third-order valence-corrected chi connectivity index (χ3v) is 2.90. The van der Waals surface area contributed by atoms with Gasteiger partial charge in [0, 0.05) is 0 Å². The Balaban J connectivity index is 1.91. The predicted octanol–water partition coefficient (Wildman–Crippen LogP) is 4.39. The van der Waals surface area contributed by atoms with Gasteiger partial charge in [0.1, 0.15) is 17.3 Å². The van der Waals surface area contributed by atoms with Crippen LogP contribution < -0.4 is 9.47 Å². The minimum absolute atomic E-state index is 0.304. The first kappa shape index (κ1) is 15.8. The minimum atomic E-state index is -0.493. The summed E-state index contributed by atoms with van der Waals surface area (Å²) in [4.78, 5) is 11.9. The highest BCUT2D eigenvalue weighted by Gasteiger charge is 2.08. The number of halogens is 1. The molecule has 0 aliphatic rings. The third-order valence-electron chi connectivity index (χ3n) is 2.90. The summed E-state index contributed by atoms with van der Waals surface area (Å²) in [5.74, 6) is 0.132. The van der Waals surface area contributed by atoms with Crippen molar-refractivity contribution in [1.29, 1.82) is 0 Å². The molecule has 0 aliphatic carbocycles. The number of allylic oxidation sites excluding steroid dienone is 1. The number of benzene rings is 2. The van der Waals surface area contributed by atoms with Crippen molar-refractivity contribution in [2.45, 2.75) is 13.3 Å². The summed E-state index contributed by atoms with van der Waals surface area (Å²) in [6.07, 6.45) is 4.83. The molecule has 0 aliphatic heterocycles. The molecule has 0 bridgehead atoms. The SMILES string of the molecule is C/C=C\CCOc1ccc(C(=O)Oc2ccc(F)cc2)cc1. The number of hydrogen-bond donors (Lipinski definition) is 0. The average Bonchev–Trinajstić information content (AvgIpc) is 2.54. The van der Waals surface area contributed by atoms with E-state index in [1.165, 1.54) is 24.3 Å². The van der Waals surface area contributed by atoms with Gasteiger partial charge in [-0.2, -0.15) is 0 Å². The third kappa shape index (κ3) is 4.74. The molecule has 2 aromatic rings. The van der Waals surface area contributed by atoms with Crippen LogP contribution >= 0.6 is 0 Å². The number of carbonyl (C=O) groups is 1. The lowest BCUT2D eigenvalue weighted by molar-refractivity contribution is 0.0734. The van der Waals surface area contributed by atoms with Gasteiger partial charge in [-0.15, -0.1) is 0 Å². The van der Waals surface area contributed by atoms with Crippen LogP contribution in [0.15, 0.2) is 60.7 Å². The van der Waals surface area contributed by atoms with E-state index in [9.17, 15) is 9.18 Å². The number of ether oxygens (including phenoxy) is 2. The zero-order valence-corrected chi connectivity index (χ0v) is 12.3. The molecule has 0 saturated carbocycles. The van der Waals surface area contributed by atoms with E-state index in [4.69, 9.17) is 9.47 Å². The van der Waals surface area contributed by atoms with Gasteiger partial charge in [0.25, 0.3) is 0 Å². The van der Waals surface area contributed by atoms with Crippen LogP contribution in [-0.2, 0) is 0 Å². The fraction of sp³-hybridized carbons (Fsp3) is 0.167. The molecule has 2 aromatic carbocycles. The first-order chi connectivity index (χ1) is 10.7. The lowest BCUT2D eigenvalue weighted by Gasteiger charge is -2.06. The molecule has 4 heteroatoms. The number of hydrogen-bond acceptors (Lipinski definition) is 3. The first-order valence-corrected chi connectivity index (χ1v) is 7.01. The Bertz CT molecular complexity index is 630. The van der Waals surface area contributed by atoms with Crippen LogP contribution in [-0.4, -0.2) is 12.6 Å². The standard InChI is InChI=1S/C18H17FO3/c1-2-3-4-13-21-16-9-5-14(6-10-16)18(20)22-17-11-7-15(19)8-12-17/h2-3,5-12H,4,13H2,1H3/b3-2-. The van der Waals surface area contributed by atoms with E-state index in [0.29, 0.717) is 23.7 Å². The summed E-state index contributed by atoms with van der Waals surface area (Å²) in [6, 6.07) is 12.0. The Morgan fingerprint density at radius 3 is 2.32 bits per heavy atom.